The molecule has 2 aromatic rings. The summed E-state index contributed by atoms with van der Waals surface area (Å²) in [5, 5.41) is 10.0. The van der Waals surface area contributed by atoms with Gasteiger partial charge in [0.05, 0.1) is 13.0 Å². The van der Waals surface area contributed by atoms with Crippen molar-refractivity contribution in [3.8, 4) is 5.88 Å². The number of aliphatic carboxylic acids is 1. The Kier molecular flexibility index (Phi) is 5.17. The maximum Gasteiger partial charge on any atom is 0.307 e. The Morgan fingerprint density at radius 1 is 1.24 bits per heavy atom. The molecule has 1 heterocycles. The Hall–Kier alpha value is -2.07. The third-order valence-electron chi connectivity index (χ3n) is 3.19. The highest BCUT2D eigenvalue weighted by atomic mass is 35.5. The largest absolute Gasteiger partial charge is 0.481 e. The van der Waals surface area contributed by atoms with Crippen LogP contribution in [0.2, 0.25) is 5.02 Å². The minimum atomic E-state index is -0.838. The molecular weight excluding hydrogens is 290 g/mol. The van der Waals surface area contributed by atoms with Gasteiger partial charge in [-0.3, -0.25) is 4.79 Å². The lowest BCUT2D eigenvalue weighted by molar-refractivity contribution is -0.141. The van der Waals surface area contributed by atoms with Crippen molar-refractivity contribution < 1.29 is 14.6 Å². The molecule has 1 aromatic heterocycles. The molecule has 0 saturated heterocycles. The fraction of sp³-hybridized carbons (Fsp3) is 0.250. The molecule has 1 atom stereocenters. The molecule has 110 valence electrons. The number of benzene rings is 1. The van der Waals surface area contributed by atoms with Gasteiger partial charge in [-0.2, -0.15) is 0 Å². The minimum Gasteiger partial charge on any atom is -0.481 e. The van der Waals surface area contributed by atoms with Crippen molar-refractivity contribution in [3.63, 3.8) is 0 Å². The maximum absolute atomic E-state index is 11.4. The first-order valence-corrected chi connectivity index (χ1v) is 6.93. The molecule has 1 N–H and O–H groups in total. The van der Waals surface area contributed by atoms with Crippen LogP contribution < -0.4 is 4.74 Å². The molecule has 0 radical (unpaired) electrons. The molecule has 4 nitrogen and oxygen atoms in total. The molecule has 0 aliphatic carbocycles. The van der Waals surface area contributed by atoms with Crippen molar-refractivity contribution in [3.05, 3.63) is 58.7 Å². The van der Waals surface area contributed by atoms with Crippen LogP contribution in [0, 0.1) is 5.92 Å². The van der Waals surface area contributed by atoms with E-state index in [0.29, 0.717) is 29.4 Å². The molecule has 0 aliphatic heterocycles. The summed E-state index contributed by atoms with van der Waals surface area (Å²) in [6.45, 7) is 0. The van der Waals surface area contributed by atoms with Gasteiger partial charge in [0.2, 0.25) is 5.88 Å². The lowest BCUT2D eigenvalue weighted by Gasteiger charge is -2.12. The molecule has 5 heteroatoms. The maximum atomic E-state index is 11.4. The highest BCUT2D eigenvalue weighted by Crippen LogP contribution is 2.18. The first-order valence-electron chi connectivity index (χ1n) is 6.55. The van der Waals surface area contributed by atoms with E-state index in [-0.39, 0.29) is 0 Å². The summed E-state index contributed by atoms with van der Waals surface area (Å²) in [7, 11) is 1.54. The molecule has 1 unspecified atom stereocenters. The van der Waals surface area contributed by atoms with Crippen LogP contribution in [-0.2, 0) is 17.6 Å². The summed E-state index contributed by atoms with van der Waals surface area (Å²) in [5.74, 6) is -0.886. The molecule has 0 aliphatic rings. The highest BCUT2D eigenvalue weighted by Gasteiger charge is 2.19. The van der Waals surface area contributed by atoms with Crippen molar-refractivity contribution in [1.29, 1.82) is 0 Å². The quantitative estimate of drug-likeness (QED) is 0.890. The Labute approximate surface area is 128 Å². The Bertz CT molecular complexity index is 613. The van der Waals surface area contributed by atoms with Gasteiger partial charge >= 0.3 is 5.97 Å². The number of aromatic nitrogens is 1. The van der Waals surface area contributed by atoms with Gasteiger partial charge in [0, 0.05) is 23.2 Å². The molecule has 0 amide bonds. The second kappa shape index (κ2) is 7.09. The smallest absolute Gasteiger partial charge is 0.307 e. The predicted octanol–water partition coefficient (Wildman–Crippen LogP) is 3.23. The Balaban J connectivity index is 2.11. The van der Waals surface area contributed by atoms with Gasteiger partial charge in [0.15, 0.2) is 0 Å². The standard InChI is InChI=1S/C16H16ClNO3/c1-21-15-4-2-3-14(18-15)10-12(16(19)20)9-11-5-7-13(17)8-6-11/h2-8,12H,9-10H2,1H3,(H,19,20). The number of carboxylic acid groups (broad SMARTS) is 1. The number of ether oxygens (including phenoxy) is 1. The van der Waals surface area contributed by atoms with Gasteiger partial charge in [0.25, 0.3) is 0 Å². The predicted molar refractivity (Wildman–Crippen MR) is 80.8 cm³/mol. The van der Waals surface area contributed by atoms with E-state index in [1.165, 1.54) is 7.11 Å². The average Bonchev–Trinajstić information content (AvgIpc) is 2.49. The first-order chi connectivity index (χ1) is 10.1. The highest BCUT2D eigenvalue weighted by molar-refractivity contribution is 6.30. The molecular formula is C16H16ClNO3. The van der Waals surface area contributed by atoms with E-state index < -0.39 is 11.9 Å². The Morgan fingerprint density at radius 3 is 2.57 bits per heavy atom. The fourth-order valence-corrected chi connectivity index (χ4v) is 2.22. The van der Waals surface area contributed by atoms with E-state index in [0.717, 1.165) is 5.56 Å². The normalized spacial score (nSPS) is 11.9. The topological polar surface area (TPSA) is 59.4 Å². The lowest BCUT2D eigenvalue weighted by Crippen LogP contribution is -2.19. The van der Waals surface area contributed by atoms with Gasteiger partial charge in [-0.1, -0.05) is 29.8 Å². The molecule has 0 saturated carbocycles. The zero-order chi connectivity index (χ0) is 15.2. The lowest BCUT2D eigenvalue weighted by atomic mass is 9.94. The summed E-state index contributed by atoms with van der Waals surface area (Å²) < 4.78 is 5.06. The number of hydrogen-bond acceptors (Lipinski definition) is 3. The first kappa shape index (κ1) is 15.3. The SMILES string of the molecule is COc1cccc(CC(Cc2ccc(Cl)cc2)C(=O)O)n1. The molecule has 0 bridgehead atoms. The third kappa shape index (κ3) is 4.46. The zero-order valence-electron chi connectivity index (χ0n) is 11.6. The number of pyridine rings is 1. The van der Waals surface area contributed by atoms with Crippen LogP contribution in [0.15, 0.2) is 42.5 Å². The number of methoxy groups -OCH3 is 1. The fourth-order valence-electron chi connectivity index (χ4n) is 2.09. The van der Waals surface area contributed by atoms with Crippen LogP contribution >= 0.6 is 11.6 Å². The average molecular weight is 306 g/mol. The van der Waals surface area contributed by atoms with E-state index in [1.54, 1.807) is 24.3 Å². The van der Waals surface area contributed by atoms with E-state index in [2.05, 4.69) is 4.98 Å². The summed E-state index contributed by atoms with van der Waals surface area (Å²) in [5.41, 5.74) is 1.64. The number of nitrogens with zero attached hydrogens (tertiary/aromatic N) is 1. The van der Waals surface area contributed by atoms with E-state index >= 15 is 0 Å². The van der Waals surface area contributed by atoms with Crippen molar-refractivity contribution in [2.24, 2.45) is 5.92 Å². The zero-order valence-corrected chi connectivity index (χ0v) is 12.4. The van der Waals surface area contributed by atoms with Gasteiger partial charge < -0.3 is 9.84 Å². The van der Waals surface area contributed by atoms with Crippen molar-refractivity contribution >= 4 is 17.6 Å². The van der Waals surface area contributed by atoms with E-state index in [4.69, 9.17) is 16.3 Å². The van der Waals surface area contributed by atoms with Crippen LogP contribution in [0.25, 0.3) is 0 Å². The molecule has 0 spiro atoms. The van der Waals surface area contributed by atoms with E-state index in [9.17, 15) is 9.90 Å². The molecule has 2 rings (SSSR count). The second-order valence-corrected chi connectivity index (χ2v) is 5.18. The van der Waals surface area contributed by atoms with E-state index in [1.807, 2.05) is 18.2 Å². The van der Waals surface area contributed by atoms with Gasteiger partial charge in [-0.25, -0.2) is 4.98 Å². The summed E-state index contributed by atoms with van der Waals surface area (Å²) >= 11 is 5.83. The van der Waals surface area contributed by atoms with Crippen molar-refractivity contribution in [1.82, 2.24) is 4.98 Å². The van der Waals surface area contributed by atoms with Gasteiger partial charge in [-0.15, -0.1) is 0 Å². The number of rotatable bonds is 6. The van der Waals surface area contributed by atoms with Crippen molar-refractivity contribution in [2.75, 3.05) is 7.11 Å². The van der Waals surface area contributed by atoms with Gasteiger partial charge in [-0.05, 0) is 30.2 Å². The molecule has 0 fully saturated rings. The van der Waals surface area contributed by atoms with Crippen LogP contribution in [0.4, 0.5) is 0 Å². The molecule has 1 aromatic carbocycles. The number of hydrogen-bond donors (Lipinski definition) is 1. The summed E-state index contributed by atoms with van der Waals surface area (Å²) in [6, 6.07) is 12.6. The summed E-state index contributed by atoms with van der Waals surface area (Å²) in [4.78, 5) is 15.7. The monoisotopic (exact) mass is 305 g/mol. The van der Waals surface area contributed by atoms with Crippen LogP contribution in [0.3, 0.4) is 0 Å². The third-order valence-corrected chi connectivity index (χ3v) is 3.44. The summed E-state index contributed by atoms with van der Waals surface area (Å²) in [6.07, 6.45) is 0.792. The number of halogens is 1. The minimum absolute atomic E-state index is 0.356. The van der Waals surface area contributed by atoms with Crippen LogP contribution in [0.1, 0.15) is 11.3 Å². The number of carbonyl (C=O) groups is 1. The van der Waals surface area contributed by atoms with Crippen LogP contribution in [-0.4, -0.2) is 23.2 Å². The second-order valence-electron chi connectivity index (χ2n) is 4.74. The van der Waals surface area contributed by atoms with Crippen LogP contribution in [0.5, 0.6) is 5.88 Å². The van der Waals surface area contributed by atoms with Gasteiger partial charge in [0.1, 0.15) is 0 Å². The Morgan fingerprint density at radius 2 is 1.95 bits per heavy atom. The number of carboxylic acids is 1. The van der Waals surface area contributed by atoms with Crippen molar-refractivity contribution in [2.45, 2.75) is 12.8 Å². The molecule has 21 heavy (non-hydrogen) atoms.